The van der Waals surface area contributed by atoms with E-state index in [1.54, 1.807) is 55.6 Å². The Balaban J connectivity index is 1.99. The average molecular weight is 571 g/mol. The lowest BCUT2D eigenvalue weighted by atomic mass is 10.0. The third-order valence-electron chi connectivity index (χ3n) is 6.45. The van der Waals surface area contributed by atoms with Crippen LogP contribution in [-0.2, 0) is 22.8 Å². The zero-order valence-corrected chi connectivity index (χ0v) is 24.0. The van der Waals surface area contributed by atoms with Gasteiger partial charge in [-0.1, -0.05) is 48.6 Å². The van der Waals surface area contributed by atoms with Crippen LogP contribution in [0.5, 0.6) is 17.2 Å². The number of carbonyl (C=O) groups is 2. The summed E-state index contributed by atoms with van der Waals surface area (Å²) >= 11 is 0. The van der Waals surface area contributed by atoms with Crippen molar-refractivity contribution in [2.75, 3.05) is 21.3 Å². The first kappa shape index (κ1) is 31.6. The maximum Gasteiger partial charge on any atom is 0.193 e. The minimum absolute atomic E-state index is 0.232. The number of ether oxygens (including phenoxy) is 3. The van der Waals surface area contributed by atoms with Gasteiger partial charge in [-0.2, -0.15) is 0 Å². The number of carbonyl (C=O) groups excluding carboxylic acids is 2. The van der Waals surface area contributed by atoms with E-state index in [4.69, 9.17) is 14.2 Å². The molecule has 0 aliphatic heterocycles. The zero-order valence-electron chi connectivity index (χ0n) is 24.0. The molecule has 3 rings (SSSR count). The molecule has 0 fully saturated rings. The van der Waals surface area contributed by atoms with E-state index in [0.717, 1.165) is 5.56 Å². The van der Waals surface area contributed by atoms with Crippen molar-refractivity contribution >= 4 is 29.8 Å². The maximum atomic E-state index is 13.3. The Labute approximate surface area is 245 Å². The number of rotatable bonds is 13. The number of aliphatic hydroxyl groups is 3. The molecule has 0 atom stereocenters. The van der Waals surface area contributed by atoms with E-state index in [1.807, 2.05) is 13.0 Å². The summed E-state index contributed by atoms with van der Waals surface area (Å²) in [5, 5.41) is 30.0. The highest BCUT2D eigenvalue weighted by atomic mass is 16.5. The van der Waals surface area contributed by atoms with Gasteiger partial charge in [0.05, 0.1) is 34.5 Å². The highest BCUT2D eigenvalue weighted by Gasteiger charge is 2.19. The van der Waals surface area contributed by atoms with E-state index >= 15 is 0 Å². The average Bonchev–Trinajstić information content (AvgIpc) is 3.01. The van der Waals surface area contributed by atoms with Crippen LogP contribution in [0.2, 0.25) is 0 Å². The molecule has 0 aliphatic carbocycles. The lowest BCUT2D eigenvalue weighted by Gasteiger charge is -2.08. The van der Waals surface area contributed by atoms with Gasteiger partial charge >= 0.3 is 0 Å². The number of aryl methyl sites for hydroxylation is 1. The van der Waals surface area contributed by atoms with Crippen LogP contribution in [0.15, 0.2) is 84.2 Å². The summed E-state index contributed by atoms with van der Waals surface area (Å²) in [6, 6.07) is 15.5. The van der Waals surface area contributed by atoms with E-state index < -0.39 is 22.9 Å². The number of ketones is 2. The summed E-state index contributed by atoms with van der Waals surface area (Å²) in [5.41, 5.74) is 3.46. The molecule has 0 spiro atoms. The molecule has 3 N–H and O–H groups in total. The summed E-state index contributed by atoms with van der Waals surface area (Å²) in [5.74, 6) is -0.316. The number of benzene rings is 3. The standard InChI is InChI=1S/C34H34O8/c1-22-5-6-24(18-32(22)41-3)9-14-29(38)34(28(37)13-8-23-7-12-26(20-35)27(17-23)21-36)30(39)15-10-25-11-16-31(40-2)33(19-25)42-4/h5-19,35-37H,20-21H2,1-4H3/b13-8+,14-9+,15-10+,34-28+. The first-order valence-corrected chi connectivity index (χ1v) is 13.0. The van der Waals surface area contributed by atoms with Gasteiger partial charge in [-0.25, -0.2) is 0 Å². The first-order chi connectivity index (χ1) is 20.2. The fourth-order valence-corrected chi connectivity index (χ4v) is 4.09. The molecular formula is C34H34O8. The van der Waals surface area contributed by atoms with Crippen LogP contribution in [-0.4, -0.2) is 48.2 Å². The van der Waals surface area contributed by atoms with Gasteiger partial charge in [0.15, 0.2) is 23.1 Å². The van der Waals surface area contributed by atoms with Crippen molar-refractivity contribution in [3.8, 4) is 17.2 Å². The highest BCUT2D eigenvalue weighted by molar-refractivity contribution is 6.29. The van der Waals surface area contributed by atoms with Crippen molar-refractivity contribution < 1.29 is 39.1 Å². The number of hydrogen-bond donors (Lipinski definition) is 3. The Kier molecular flexibility index (Phi) is 11.4. The number of aliphatic hydroxyl groups excluding tert-OH is 3. The van der Waals surface area contributed by atoms with E-state index in [2.05, 4.69) is 0 Å². The SMILES string of the molecule is COc1cc(/C=C/C(=O)/C(C(=O)/C=C/c2ccc(OC)c(OC)c2)=C(O)/C=C/c2ccc(CO)c(CO)c2)ccc1C. The van der Waals surface area contributed by atoms with Crippen molar-refractivity contribution in [1.29, 1.82) is 0 Å². The van der Waals surface area contributed by atoms with Crippen molar-refractivity contribution in [1.82, 2.24) is 0 Å². The van der Waals surface area contributed by atoms with E-state index in [-0.39, 0.29) is 13.2 Å². The van der Waals surface area contributed by atoms with Gasteiger partial charge in [-0.3, -0.25) is 9.59 Å². The van der Waals surface area contributed by atoms with E-state index in [9.17, 15) is 24.9 Å². The van der Waals surface area contributed by atoms with Gasteiger partial charge in [-0.05, 0) is 82.8 Å². The topological polar surface area (TPSA) is 123 Å². The molecule has 0 aliphatic rings. The predicted octanol–water partition coefficient (Wildman–Crippen LogP) is 5.40. The monoisotopic (exact) mass is 570 g/mol. The molecular weight excluding hydrogens is 536 g/mol. The molecule has 0 aromatic heterocycles. The summed E-state index contributed by atoms with van der Waals surface area (Å²) in [7, 11) is 4.56. The molecule has 0 unspecified atom stereocenters. The Morgan fingerprint density at radius 2 is 1.14 bits per heavy atom. The molecule has 0 bridgehead atoms. The zero-order chi connectivity index (χ0) is 30.6. The second kappa shape index (κ2) is 15.2. The molecule has 42 heavy (non-hydrogen) atoms. The Morgan fingerprint density at radius 1 is 0.643 bits per heavy atom. The molecule has 0 radical (unpaired) electrons. The fraction of sp³-hybridized carbons (Fsp3) is 0.176. The Bertz CT molecular complexity index is 1560. The van der Waals surface area contributed by atoms with Crippen LogP contribution in [0.3, 0.4) is 0 Å². The van der Waals surface area contributed by atoms with Crippen molar-refractivity contribution in [3.05, 3.63) is 118 Å². The van der Waals surface area contributed by atoms with E-state index in [1.165, 1.54) is 50.7 Å². The largest absolute Gasteiger partial charge is 0.507 e. The van der Waals surface area contributed by atoms with Crippen LogP contribution in [0.4, 0.5) is 0 Å². The quantitative estimate of drug-likeness (QED) is 0.0822. The summed E-state index contributed by atoms with van der Waals surface area (Å²) in [6.45, 7) is 1.38. The molecule has 8 nitrogen and oxygen atoms in total. The smallest absolute Gasteiger partial charge is 0.193 e. The second-order valence-electron chi connectivity index (χ2n) is 9.18. The van der Waals surface area contributed by atoms with Gasteiger partial charge in [0.25, 0.3) is 0 Å². The summed E-state index contributed by atoms with van der Waals surface area (Å²) in [4.78, 5) is 26.6. The molecule has 8 heteroatoms. The molecule has 0 saturated carbocycles. The van der Waals surface area contributed by atoms with Crippen LogP contribution >= 0.6 is 0 Å². The molecule has 0 heterocycles. The Hall–Kier alpha value is -4.92. The van der Waals surface area contributed by atoms with Gasteiger partial charge in [0.2, 0.25) is 0 Å². The fourth-order valence-electron chi connectivity index (χ4n) is 4.09. The third-order valence-corrected chi connectivity index (χ3v) is 6.45. The lowest BCUT2D eigenvalue weighted by Crippen LogP contribution is -2.11. The van der Waals surface area contributed by atoms with Gasteiger partial charge in [0, 0.05) is 0 Å². The minimum atomic E-state index is -0.713. The van der Waals surface area contributed by atoms with Gasteiger partial charge in [0.1, 0.15) is 17.1 Å². The van der Waals surface area contributed by atoms with Gasteiger partial charge in [-0.15, -0.1) is 0 Å². The van der Waals surface area contributed by atoms with Crippen LogP contribution in [0, 0.1) is 6.92 Å². The van der Waals surface area contributed by atoms with Crippen LogP contribution in [0.1, 0.15) is 33.4 Å². The molecule has 218 valence electrons. The number of allylic oxidation sites excluding steroid dienone is 4. The summed E-state index contributed by atoms with van der Waals surface area (Å²) in [6.07, 6.45) is 8.20. The molecule has 3 aromatic carbocycles. The predicted molar refractivity (Wildman–Crippen MR) is 162 cm³/mol. The van der Waals surface area contributed by atoms with Crippen molar-refractivity contribution in [2.45, 2.75) is 20.1 Å². The normalized spacial score (nSPS) is 12.1. The highest BCUT2D eigenvalue weighted by Crippen LogP contribution is 2.28. The van der Waals surface area contributed by atoms with Crippen LogP contribution in [0.25, 0.3) is 18.2 Å². The van der Waals surface area contributed by atoms with E-state index in [0.29, 0.717) is 45.1 Å². The number of hydrogen-bond acceptors (Lipinski definition) is 8. The molecule has 0 amide bonds. The van der Waals surface area contributed by atoms with Crippen LogP contribution < -0.4 is 14.2 Å². The molecule has 0 saturated heterocycles. The maximum absolute atomic E-state index is 13.3. The summed E-state index contributed by atoms with van der Waals surface area (Å²) < 4.78 is 15.9. The minimum Gasteiger partial charge on any atom is -0.507 e. The molecule has 3 aromatic rings. The Morgan fingerprint density at radius 3 is 1.71 bits per heavy atom. The van der Waals surface area contributed by atoms with Gasteiger partial charge < -0.3 is 29.5 Å². The second-order valence-corrected chi connectivity index (χ2v) is 9.18. The lowest BCUT2D eigenvalue weighted by molar-refractivity contribution is -0.117. The van der Waals surface area contributed by atoms with Crippen molar-refractivity contribution in [2.24, 2.45) is 0 Å². The third kappa shape index (κ3) is 8.06. The number of methoxy groups -OCH3 is 3. The first-order valence-electron chi connectivity index (χ1n) is 13.0. The van der Waals surface area contributed by atoms with Crippen molar-refractivity contribution in [3.63, 3.8) is 0 Å².